The Labute approximate surface area is 72.9 Å². The van der Waals surface area contributed by atoms with E-state index >= 15 is 0 Å². The van der Waals surface area contributed by atoms with Crippen LogP contribution in [0.2, 0.25) is 0 Å². The van der Waals surface area contributed by atoms with Crippen molar-refractivity contribution in [2.24, 2.45) is 5.73 Å². The van der Waals surface area contributed by atoms with E-state index in [-0.39, 0.29) is 0 Å². The van der Waals surface area contributed by atoms with E-state index in [4.69, 9.17) is 5.73 Å². The first-order valence-corrected chi connectivity index (χ1v) is 4.51. The van der Waals surface area contributed by atoms with E-state index in [1.165, 1.54) is 31.6 Å². The number of hydrogen-bond donors (Lipinski definition) is 2. The molecule has 0 bridgehead atoms. The van der Waals surface area contributed by atoms with Crippen molar-refractivity contribution in [1.82, 2.24) is 10.2 Å². The summed E-state index contributed by atoms with van der Waals surface area (Å²) in [4.78, 5) is 2.43. The second kappa shape index (κ2) is 3.09. The van der Waals surface area contributed by atoms with Crippen molar-refractivity contribution < 1.29 is 0 Å². The summed E-state index contributed by atoms with van der Waals surface area (Å²) in [5.41, 5.74) is 6.96. The standard InChI is InChI=1S/C9H15N3/c10-9-4-3-8(7-11-9)12-5-1-2-6-12/h3-4,11H,1-2,5-7,10H2. The fraction of sp³-hybridized carbons (Fsp3) is 0.556. The molecule has 2 aliphatic rings. The lowest BCUT2D eigenvalue weighted by Crippen LogP contribution is -2.32. The van der Waals surface area contributed by atoms with Crippen molar-refractivity contribution in [2.45, 2.75) is 12.8 Å². The minimum atomic E-state index is 0.776. The van der Waals surface area contributed by atoms with Crippen molar-refractivity contribution >= 4 is 0 Å². The molecule has 0 aromatic carbocycles. The van der Waals surface area contributed by atoms with Gasteiger partial charge in [0.05, 0.1) is 12.4 Å². The van der Waals surface area contributed by atoms with Gasteiger partial charge in [-0.05, 0) is 25.0 Å². The highest BCUT2D eigenvalue weighted by atomic mass is 15.2. The van der Waals surface area contributed by atoms with Gasteiger partial charge in [0.25, 0.3) is 0 Å². The summed E-state index contributed by atoms with van der Waals surface area (Å²) in [6, 6.07) is 0. The van der Waals surface area contributed by atoms with Crippen LogP contribution in [0, 0.1) is 0 Å². The lowest BCUT2D eigenvalue weighted by molar-refractivity contribution is 0.410. The second-order valence-corrected chi connectivity index (χ2v) is 3.33. The molecule has 1 fully saturated rings. The number of likely N-dealkylation sites (tertiary alicyclic amines) is 1. The van der Waals surface area contributed by atoms with Crippen molar-refractivity contribution in [2.75, 3.05) is 19.6 Å². The van der Waals surface area contributed by atoms with Gasteiger partial charge in [-0.25, -0.2) is 0 Å². The molecule has 0 aromatic heterocycles. The highest BCUT2D eigenvalue weighted by molar-refractivity contribution is 5.21. The highest BCUT2D eigenvalue weighted by Gasteiger charge is 2.15. The molecule has 2 heterocycles. The van der Waals surface area contributed by atoms with Gasteiger partial charge in [0.2, 0.25) is 0 Å². The number of rotatable bonds is 1. The normalized spacial score (nSPS) is 23.2. The largest absolute Gasteiger partial charge is 0.386 e. The smallest absolute Gasteiger partial charge is 0.0963 e. The summed E-state index contributed by atoms with van der Waals surface area (Å²) < 4.78 is 0. The summed E-state index contributed by atoms with van der Waals surface area (Å²) in [5, 5.41) is 3.14. The molecular formula is C9H15N3. The van der Waals surface area contributed by atoms with Gasteiger partial charge in [-0.2, -0.15) is 0 Å². The van der Waals surface area contributed by atoms with Crippen LogP contribution >= 0.6 is 0 Å². The van der Waals surface area contributed by atoms with E-state index in [1.807, 2.05) is 6.08 Å². The summed E-state index contributed by atoms with van der Waals surface area (Å²) in [5.74, 6) is 0.776. The lowest BCUT2D eigenvalue weighted by Gasteiger charge is -2.24. The number of dihydropyridines is 1. The number of nitrogens with one attached hydrogen (secondary N) is 1. The second-order valence-electron chi connectivity index (χ2n) is 3.33. The van der Waals surface area contributed by atoms with Crippen molar-refractivity contribution in [3.8, 4) is 0 Å². The monoisotopic (exact) mass is 165 g/mol. The predicted octanol–water partition coefficient (Wildman–Crippen LogP) is 0.369. The van der Waals surface area contributed by atoms with E-state index < -0.39 is 0 Å². The predicted molar refractivity (Wildman–Crippen MR) is 49.2 cm³/mol. The summed E-state index contributed by atoms with van der Waals surface area (Å²) in [7, 11) is 0. The Kier molecular flexibility index (Phi) is 1.94. The number of nitrogens with zero attached hydrogens (tertiary/aromatic N) is 1. The average Bonchev–Trinajstić information content (AvgIpc) is 2.58. The van der Waals surface area contributed by atoms with Crippen LogP contribution in [0.1, 0.15) is 12.8 Å². The molecule has 3 N–H and O–H groups in total. The van der Waals surface area contributed by atoms with E-state index in [1.54, 1.807) is 0 Å². The van der Waals surface area contributed by atoms with Gasteiger partial charge in [-0.3, -0.25) is 0 Å². The van der Waals surface area contributed by atoms with E-state index in [9.17, 15) is 0 Å². The topological polar surface area (TPSA) is 41.3 Å². The molecular weight excluding hydrogens is 150 g/mol. The van der Waals surface area contributed by atoms with Crippen LogP contribution in [0.4, 0.5) is 0 Å². The Balaban J connectivity index is 2.04. The molecule has 3 nitrogen and oxygen atoms in total. The molecule has 3 heteroatoms. The van der Waals surface area contributed by atoms with Crippen LogP contribution in [0.25, 0.3) is 0 Å². The lowest BCUT2D eigenvalue weighted by atomic mass is 10.3. The Hall–Kier alpha value is -1.12. The minimum Gasteiger partial charge on any atom is -0.386 e. The molecule has 0 aromatic rings. The molecule has 0 atom stereocenters. The van der Waals surface area contributed by atoms with Crippen LogP contribution in [0.5, 0.6) is 0 Å². The zero-order valence-electron chi connectivity index (χ0n) is 7.21. The summed E-state index contributed by atoms with van der Waals surface area (Å²) in [6.07, 6.45) is 6.72. The number of nitrogens with two attached hydrogens (primary N) is 1. The Morgan fingerprint density at radius 1 is 1.25 bits per heavy atom. The van der Waals surface area contributed by atoms with Gasteiger partial charge in [-0.1, -0.05) is 0 Å². The third kappa shape index (κ3) is 1.40. The Morgan fingerprint density at radius 2 is 2.00 bits per heavy atom. The number of allylic oxidation sites excluding steroid dienone is 2. The van der Waals surface area contributed by atoms with Crippen LogP contribution in [-0.4, -0.2) is 24.5 Å². The molecule has 1 saturated heterocycles. The van der Waals surface area contributed by atoms with Crippen LogP contribution in [0.3, 0.4) is 0 Å². The van der Waals surface area contributed by atoms with Crippen LogP contribution in [-0.2, 0) is 0 Å². The summed E-state index contributed by atoms with van der Waals surface area (Å²) in [6.45, 7) is 3.31. The highest BCUT2D eigenvalue weighted by Crippen LogP contribution is 2.15. The maximum absolute atomic E-state index is 5.58. The molecule has 0 unspecified atom stereocenters. The molecule has 66 valence electrons. The number of hydrogen-bond acceptors (Lipinski definition) is 3. The van der Waals surface area contributed by atoms with E-state index in [2.05, 4.69) is 16.3 Å². The third-order valence-electron chi connectivity index (χ3n) is 2.44. The quantitative estimate of drug-likeness (QED) is 0.590. The maximum Gasteiger partial charge on any atom is 0.0963 e. The SMILES string of the molecule is NC1=CC=C(N2CCCC2)CN1. The van der Waals surface area contributed by atoms with Crippen molar-refractivity contribution in [3.63, 3.8) is 0 Å². The zero-order chi connectivity index (χ0) is 8.39. The molecule has 0 saturated carbocycles. The molecule has 0 spiro atoms. The maximum atomic E-state index is 5.58. The van der Waals surface area contributed by atoms with Crippen molar-refractivity contribution in [1.29, 1.82) is 0 Å². The van der Waals surface area contributed by atoms with Crippen LogP contribution < -0.4 is 11.1 Å². The molecule has 12 heavy (non-hydrogen) atoms. The van der Waals surface area contributed by atoms with Gasteiger partial charge >= 0.3 is 0 Å². The third-order valence-corrected chi connectivity index (χ3v) is 2.44. The van der Waals surface area contributed by atoms with Gasteiger partial charge in [0.15, 0.2) is 0 Å². The van der Waals surface area contributed by atoms with Gasteiger partial charge in [0, 0.05) is 18.8 Å². The van der Waals surface area contributed by atoms with E-state index in [0.29, 0.717) is 0 Å². The molecule has 0 radical (unpaired) electrons. The summed E-state index contributed by atoms with van der Waals surface area (Å²) >= 11 is 0. The fourth-order valence-electron chi connectivity index (χ4n) is 1.72. The van der Waals surface area contributed by atoms with E-state index in [0.717, 1.165) is 12.4 Å². The molecule has 2 rings (SSSR count). The minimum absolute atomic E-state index is 0.776. The van der Waals surface area contributed by atoms with Crippen molar-refractivity contribution in [3.05, 3.63) is 23.7 Å². The first-order valence-electron chi connectivity index (χ1n) is 4.51. The average molecular weight is 165 g/mol. The Morgan fingerprint density at radius 3 is 2.58 bits per heavy atom. The first kappa shape index (κ1) is 7.53. The molecule has 2 aliphatic heterocycles. The molecule has 0 aliphatic carbocycles. The van der Waals surface area contributed by atoms with Gasteiger partial charge in [0.1, 0.15) is 0 Å². The fourth-order valence-corrected chi connectivity index (χ4v) is 1.72. The zero-order valence-corrected chi connectivity index (χ0v) is 7.21. The first-order chi connectivity index (χ1) is 5.86. The van der Waals surface area contributed by atoms with Gasteiger partial charge < -0.3 is 16.0 Å². The van der Waals surface area contributed by atoms with Gasteiger partial charge in [-0.15, -0.1) is 0 Å². The molecule has 0 amide bonds. The van der Waals surface area contributed by atoms with Crippen LogP contribution in [0.15, 0.2) is 23.7 Å². The Bertz CT molecular complexity index is 224.